The number of hydrogen-bond donors (Lipinski definition) is 0. The van der Waals surface area contributed by atoms with Gasteiger partial charge in [-0.05, 0) is 30.3 Å². The molecule has 0 radical (unpaired) electrons. The lowest BCUT2D eigenvalue weighted by Crippen LogP contribution is -1.89. The van der Waals surface area contributed by atoms with Crippen LogP contribution in [0.4, 0.5) is 0 Å². The Morgan fingerprint density at radius 1 is 0.682 bits per heavy atom. The van der Waals surface area contributed by atoms with Gasteiger partial charge in [-0.3, -0.25) is 0 Å². The van der Waals surface area contributed by atoms with Crippen molar-refractivity contribution in [3.8, 4) is 11.1 Å². The van der Waals surface area contributed by atoms with Crippen molar-refractivity contribution in [2.45, 2.75) is 0 Å². The third kappa shape index (κ3) is 2.14. The van der Waals surface area contributed by atoms with Crippen molar-refractivity contribution in [3.05, 3.63) is 76.8 Å². The molecule has 0 fully saturated rings. The van der Waals surface area contributed by atoms with E-state index in [1.54, 1.807) is 0 Å². The van der Waals surface area contributed by atoms with Gasteiger partial charge in [-0.1, -0.05) is 59.6 Å². The highest BCUT2D eigenvalue weighted by molar-refractivity contribution is 6.35. The first-order chi connectivity index (χ1) is 10.7. The SMILES string of the molecule is Clc1ccc2nc3ccccc3c(-c3ccccc3Cl)c2c1. The standard InChI is InChI=1S/C19H11Cl2N/c20-12-9-10-18-15(11-12)19(13-5-1-3-7-16(13)21)14-6-2-4-8-17(14)22-18/h1-11H. The minimum Gasteiger partial charge on any atom is -0.248 e. The van der Waals surface area contributed by atoms with Crippen LogP contribution in [0.3, 0.4) is 0 Å². The lowest BCUT2D eigenvalue weighted by Gasteiger charge is -2.12. The Morgan fingerprint density at radius 2 is 1.41 bits per heavy atom. The summed E-state index contributed by atoms with van der Waals surface area (Å²) in [7, 11) is 0. The molecule has 1 aromatic heterocycles. The zero-order chi connectivity index (χ0) is 15.1. The topological polar surface area (TPSA) is 12.9 Å². The van der Waals surface area contributed by atoms with Gasteiger partial charge in [0.1, 0.15) is 0 Å². The third-order valence-corrected chi connectivity index (χ3v) is 4.35. The van der Waals surface area contributed by atoms with Crippen LogP contribution in [0.15, 0.2) is 66.7 Å². The highest BCUT2D eigenvalue weighted by atomic mass is 35.5. The molecule has 1 nitrogen and oxygen atoms in total. The summed E-state index contributed by atoms with van der Waals surface area (Å²) in [5.41, 5.74) is 3.94. The highest BCUT2D eigenvalue weighted by Gasteiger charge is 2.13. The van der Waals surface area contributed by atoms with Crippen LogP contribution in [-0.4, -0.2) is 4.98 Å². The maximum atomic E-state index is 6.45. The summed E-state index contributed by atoms with van der Waals surface area (Å²) < 4.78 is 0. The molecule has 4 rings (SSSR count). The first-order valence-corrected chi connectivity index (χ1v) is 7.72. The number of nitrogens with zero attached hydrogens (tertiary/aromatic N) is 1. The Morgan fingerprint density at radius 3 is 2.27 bits per heavy atom. The van der Waals surface area contributed by atoms with Crippen LogP contribution < -0.4 is 0 Å². The normalized spacial score (nSPS) is 11.2. The molecule has 0 aliphatic heterocycles. The number of hydrogen-bond acceptors (Lipinski definition) is 1. The molecule has 0 bridgehead atoms. The zero-order valence-corrected chi connectivity index (χ0v) is 13.1. The Hall–Kier alpha value is -2.09. The van der Waals surface area contributed by atoms with Crippen molar-refractivity contribution in [2.24, 2.45) is 0 Å². The predicted octanol–water partition coefficient (Wildman–Crippen LogP) is 6.36. The lowest BCUT2D eigenvalue weighted by atomic mass is 9.96. The molecule has 22 heavy (non-hydrogen) atoms. The molecule has 0 spiro atoms. The number of rotatable bonds is 1. The van der Waals surface area contributed by atoms with Crippen molar-refractivity contribution in [3.63, 3.8) is 0 Å². The van der Waals surface area contributed by atoms with E-state index in [-0.39, 0.29) is 0 Å². The monoisotopic (exact) mass is 323 g/mol. The minimum atomic E-state index is 0.692. The molecular formula is C19H11Cl2N. The van der Waals surface area contributed by atoms with Crippen LogP contribution in [-0.2, 0) is 0 Å². The van der Waals surface area contributed by atoms with Gasteiger partial charge in [-0.25, -0.2) is 4.98 Å². The van der Waals surface area contributed by atoms with E-state index in [1.807, 2.05) is 60.7 Å². The van der Waals surface area contributed by atoms with E-state index < -0.39 is 0 Å². The van der Waals surface area contributed by atoms with Crippen molar-refractivity contribution in [1.82, 2.24) is 4.98 Å². The number of benzene rings is 3. The fraction of sp³-hybridized carbons (Fsp3) is 0. The molecule has 0 saturated carbocycles. The molecule has 0 unspecified atom stereocenters. The smallest absolute Gasteiger partial charge is 0.0717 e. The molecular weight excluding hydrogens is 313 g/mol. The van der Waals surface area contributed by atoms with Gasteiger partial charge < -0.3 is 0 Å². The Kier molecular flexibility index (Phi) is 3.25. The second kappa shape index (κ2) is 5.28. The number of aromatic nitrogens is 1. The summed E-state index contributed by atoms with van der Waals surface area (Å²) in [6, 6.07) is 21.7. The molecule has 0 N–H and O–H groups in total. The summed E-state index contributed by atoms with van der Waals surface area (Å²) in [4.78, 5) is 4.73. The van der Waals surface area contributed by atoms with Gasteiger partial charge >= 0.3 is 0 Å². The van der Waals surface area contributed by atoms with Gasteiger partial charge in [0, 0.05) is 31.9 Å². The number of fused-ring (bicyclic) bond motifs is 2. The summed E-state index contributed by atoms with van der Waals surface area (Å²) in [5.74, 6) is 0. The van der Waals surface area contributed by atoms with Gasteiger partial charge in [0.2, 0.25) is 0 Å². The van der Waals surface area contributed by atoms with Gasteiger partial charge in [0.15, 0.2) is 0 Å². The largest absolute Gasteiger partial charge is 0.248 e. The quantitative estimate of drug-likeness (QED) is 0.371. The molecule has 0 aliphatic carbocycles. The first kappa shape index (κ1) is 13.6. The average molecular weight is 324 g/mol. The van der Waals surface area contributed by atoms with Crippen LogP contribution in [0.5, 0.6) is 0 Å². The average Bonchev–Trinajstić information content (AvgIpc) is 2.54. The molecule has 106 valence electrons. The highest BCUT2D eigenvalue weighted by Crippen LogP contribution is 2.38. The molecule has 0 atom stereocenters. The lowest BCUT2D eigenvalue weighted by molar-refractivity contribution is 1.49. The Balaban J connectivity index is 2.25. The van der Waals surface area contributed by atoms with E-state index in [2.05, 4.69) is 6.07 Å². The van der Waals surface area contributed by atoms with Crippen LogP contribution in [0.25, 0.3) is 32.9 Å². The second-order valence-electron chi connectivity index (χ2n) is 5.15. The van der Waals surface area contributed by atoms with Gasteiger partial charge in [-0.15, -0.1) is 0 Å². The molecule has 0 aliphatic rings. The Labute approximate surface area is 138 Å². The summed E-state index contributed by atoms with van der Waals surface area (Å²) >= 11 is 12.7. The van der Waals surface area contributed by atoms with E-state index >= 15 is 0 Å². The molecule has 4 aromatic rings. The molecule has 0 amide bonds. The first-order valence-electron chi connectivity index (χ1n) is 6.97. The van der Waals surface area contributed by atoms with Crippen molar-refractivity contribution >= 4 is 45.0 Å². The number of halogens is 2. The molecule has 0 saturated heterocycles. The fourth-order valence-electron chi connectivity index (χ4n) is 2.82. The van der Waals surface area contributed by atoms with Crippen molar-refractivity contribution in [1.29, 1.82) is 0 Å². The van der Waals surface area contributed by atoms with Crippen LogP contribution >= 0.6 is 23.2 Å². The minimum absolute atomic E-state index is 0.692. The number of para-hydroxylation sites is 1. The van der Waals surface area contributed by atoms with Gasteiger partial charge in [0.05, 0.1) is 11.0 Å². The van der Waals surface area contributed by atoms with Crippen LogP contribution in [0, 0.1) is 0 Å². The molecule has 3 heteroatoms. The summed E-state index contributed by atoms with van der Waals surface area (Å²) in [5, 5.41) is 3.50. The molecule has 1 heterocycles. The van der Waals surface area contributed by atoms with Gasteiger partial charge in [-0.2, -0.15) is 0 Å². The van der Waals surface area contributed by atoms with Crippen molar-refractivity contribution in [2.75, 3.05) is 0 Å². The van der Waals surface area contributed by atoms with E-state index in [4.69, 9.17) is 28.2 Å². The van der Waals surface area contributed by atoms with E-state index in [0.717, 1.165) is 38.0 Å². The number of pyridine rings is 1. The van der Waals surface area contributed by atoms with Crippen LogP contribution in [0.2, 0.25) is 10.0 Å². The maximum absolute atomic E-state index is 6.45. The van der Waals surface area contributed by atoms with E-state index in [0.29, 0.717) is 5.02 Å². The predicted molar refractivity (Wildman–Crippen MR) is 94.7 cm³/mol. The van der Waals surface area contributed by atoms with E-state index in [1.165, 1.54) is 0 Å². The van der Waals surface area contributed by atoms with Crippen LogP contribution in [0.1, 0.15) is 0 Å². The van der Waals surface area contributed by atoms with Crippen molar-refractivity contribution < 1.29 is 0 Å². The zero-order valence-electron chi connectivity index (χ0n) is 11.6. The van der Waals surface area contributed by atoms with Gasteiger partial charge in [0.25, 0.3) is 0 Å². The third-order valence-electron chi connectivity index (χ3n) is 3.79. The maximum Gasteiger partial charge on any atom is 0.0717 e. The Bertz CT molecular complexity index is 1010. The fourth-order valence-corrected chi connectivity index (χ4v) is 3.22. The second-order valence-corrected chi connectivity index (χ2v) is 5.99. The van der Waals surface area contributed by atoms with E-state index in [9.17, 15) is 0 Å². The summed E-state index contributed by atoms with van der Waals surface area (Å²) in [6.45, 7) is 0. The summed E-state index contributed by atoms with van der Waals surface area (Å²) in [6.07, 6.45) is 0. The molecule has 3 aromatic carbocycles.